The number of Topliss-reactive ketones (excluding diaryl/α,β-unsaturated/α-hetero) is 1. The second-order valence-electron chi connectivity index (χ2n) is 9.86. The molecular weight excluding hydrogens is 442 g/mol. The molecule has 1 atom stereocenters. The number of hydrogen-bond donors (Lipinski definition) is 1. The summed E-state index contributed by atoms with van der Waals surface area (Å²) in [5.41, 5.74) is 1.79. The predicted octanol–water partition coefficient (Wildman–Crippen LogP) is 4.94. The third-order valence-electron chi connectivity index (χ3n) is 6.02. The van der Waals surface area contributed by atoms with Crippen LogP contribution in [0.15, 0.2) is 48.5 Å². The fourth-order valence-corrected chi connectivity index (χ4v) is 4.13. The van der Waals surface area contributed by atoms with Crippen LogP contribution in [-0.4, -0.2) is 36.2 Å². The van der Waals surface area contributed by atoms with Gasteiger partial charge in [0.2, 0.25) is 0 Å². The Morgan fingerprint density at radius 3 is 2.11 bits per heavy atom. The van der Waals surface area contributed by atoms with E-state index in [1.165, 1.54) is 0 Å². The van der Waals surface area contributed by atoms with Crippen molar-refractivity contribution in [3.05, 3.63) is 59.7 Å². The Morgan fingerprint density at radius 2 is 1.60 bits per heavy atom. The summed E-state index contributed by atoms with van der Waals surface area (Å²) >= 11 is 0. The minimum Gasteiger partial charge on any atom is -0.444 e. The summed E-state index contributed by atoms with van der Waals surface area (Å²) in [4.78, 5) is 25.8. The minimum atomic E-state index is -1.09. The Balaban J connectivity index is 1.67. The number of nitrogens with zero attached hydrogens (tertiary/aromatic N) is 2. The lowest BCUT2D eigenvalue weighted by Crippen LogP contribution is -2.58. The maximum atomic E-state index is 13.4. The van der Waals surface area contributed by atoms with Gasteiger partial charge in [-0.3, -0.25) is 4.79 Å². The van der Waals surface area contributed by atoms with Crippen molar-refractivity contribution in [1.82, 2.24) is 5.32 Å². The van der Waals surface area contributed by atoms with Gasteiger partial charge < -0.3 is 14.8 Å². The molecule has 1 aliphatic rings. The highest BCUT2D eigenvalue weighted by molar-refractivity contribution is 5.92. The lowest BCUT2D eigenvalue weighted by atomic mass is 9.80. The van der Waals surface area contributed by atoms with Crippen LogP contribution in [-0.2, 0) is 20.7 Å². The van der Waals surface area contributed by atoms with Crippen molar-refractivity contribution in [2.45, 2.75) is 57.6 Å². The Kier molecular flexibility index (Phi) is 8.27. The molecule has 1 amide bonds. The smallest absolute Gasteiger partial charge is 0.408 e. The second kappa shape index (κ2) is 11.2. The fourth-order valence-electron chi connectivity index (χ4n) is 4.13. The largest absolute Gasteiger partial charge is 0.444 e. The van der Waals surface area contributed by atoms with E-state index in [-0.39, 0.29) is 12.2 Å². The molecule has 1 saturated heterocycles. The van der Waals surface area contributed by atoms with Crippen molar-refractivity contribution in [3.8, 4) is 23.3 Å². The first-order valence-electron chi connectivity index (χ1n) is 11.8. The van der Waals surface area contributed by atoms with E-state index >= 15 is 0 Å². The van der Waals surface area contributed by atoms with Gasteiger partial charge in [-0.1, -0.05) is 36.4 Å². The van der Waals surface area contributed by atoms with Crippen LogP contribution in [0.2, 0.25) is 0 Å². The van der Waals surface area contributed by atoms with Crippen LogP contribution in [0.5, 0.6) is 0 Å². The molecule has 0 radical (unpaired) electrons. The molecule has 35 heavy (non-hydrogen) atoms. The van der Waals surface area contributed by atoms with Crippen LogP contribution >= 0.6 is 0 Å². The zero-order valence-corrected chi connectivity index (χ0v) is 20.5. The molecule has 1 fully saturated rings. The van der Waals surface area contributed by atoms with Crippen molar-refractivity contribution >= 4 is 11.9 Å². The van der Waals surface area contributed by atoms with E-state index in [1.807, 2.05) is 36.4 Å². The average molecular weight is 474 g/mol. The molecule has 0 spiro atoms. The van der Waals surface area contributed by atoms with E-state index in [0.29, 0.717) is 38.0 Å². The first-order chi connectivity index (χ1) is 16.6. The van der Waals surface area contributed by atoms with Gasteiger partial charge in [-0.05, 0) is 56.0 Å². The maximum absolute atomic E-state index is 13.4. The zero-order valence-electron chi connectivity index (χ0n) is 20.5. The molecule has 0 aromatic heterocycles. The van der Waals surface area contributed by atoms with Crippen molar-refractivity contribution < 1.29 is 19.1 Å². The second-order valence-corrected chi connectivity index (χ2v) is 9.86. The SMILES string of the molecule is CC(C)(C)OC(=O)NC1(C(=O)C[C@H](C#N)Cc2ccc(-c3ccc(C#N)cc3)cc2)CCOCC1. The number of rotatable bonds is 7. The molecule has 0 aliphatic carbocycles. The number of carbonyl (C=O) groups excluding carboxylic acids is 2. The lowest BCUT2D eigenvalue weighted by molar-refractivity contribution is -0.130. The first kappa shape index (κ1) is 25.9. The summed E-state index contributed by atoms with van der Waals surface area (Å²) in [6.07, 6.45) is 0.517. The number of carbonyl (C=O) groups is 2. The van der Waals surface area contributed by atoms with Gasteiger partial charge in [0.25, 0.3) is 0 Å². The number of benzene rings is 2. The van der Waals surface area contributed by atoms with Gasteiger partial charge in [0.1, 0.15) is 11.1 Å². The molecule has 3 rings (SSSR count). The number of amides is 1. The number of hydrogen-bond acceptors (Lipinski definition) is 6. The molecule has 1 aliphatic heterocycles. The molecule has 182 valence electrons. The monoisotopic (exact) mass is 473 g/mol. The normalized spacial score (nSPS) is 15.8. The van der Waals surface area contributed by atoms with Crippen LogP contribution in [0.4, 0.5) is 4.79 Å². The van der Waals surface area contributed by atoms with Gasteiger partial charge in [0.15, 0.2) is 5.78 Å². The van der Waals surface area contributed by atoms with Crippen LogP contribution in [0.1, 0.15) is 51.2 Å². The van der Waals surface area contributed by atoms with Crippen molar-refractivity contribution in [1.29, 1.82) is 10.5 Å². The average Bonchev–Trinajstić information content (AvgIpc) is 2.83. The third-order valence-corrected chi connectivity index (χ3v) is 6.02. The van der Waals surface area contributed by atoms with Gasteiger partial charge >= 0.3 is 6.09 Å². The van der Waals surface area contributed by atoms with E-state index < -0.39 is 23.2 Å². The lowest BCUT2D eigenvalue weighted by Gasteiger charge is -2.37. The molecule has 7 nitrogen and oxygen atoms in total. The maximum Gasteiger partial charge on any atom is 0.408 e. The highest BCUT2D eigenvalue weighted by Crippen LogP contribution is 2.27. The van der Waals surface area contributed by atoms with Gasteiger partial charge in [-0.2, -0.15) is 10.5 Å². The standard InChI is InChI=1S/C28H31N3O4/c1-27(2,3)35-26(33)31-28(12-14-34-15-13-28)25(32)17-22(19-30)16-20-4-8-23(9-5-20)24-10-6-21(18-29)7-11-24/h4-11,22H,12-17H2,1-3H3,(H,31,33)/t22-/m1/s1. The van der Waals surface area contributed by atoms with Gasteiger partial charge in [0, 0.05) is 32.5 Å². The number of nitrogens with one attached hydrogen (secondary N) is 1. The van der Waals surface area contributed by atoms with E-state index in [9.17, 15) is 14.9 Å². The van der Waals surface area contributed by atoms with Crippen molar-refractivity contribution in [3.63, 3.8) is 0 Å². The van der Waals surface area contributed by atoms with E-state index in [2.05, 4.69) is 17.5 Å². The Hall–Kier alpha value is -3.68. The molecule has 2 aromatic carbocycles. The summed E-state index contributed by atoms with van der Waals surface area (Å²) in [6.45, 7) is 6.02. The van der Waals surface area contributed by atoms with Gasteiger partial charge in [-0.15, -0.1) is 0 Å². The molecule has 0 unspecified atom stereocenters. The molecule has 0 saturated carbocycles. The number of nitriles is 2. The van der Waals surface area contributed by atoms with Crippen LogP contribution < -0.4 is 5.32 Å². The van der Waals surface area contributed by atoms with Gasteiger partial charge in [-0.25, -0.2) is 4.79 Å². The number of alkyl carbamates (subject to hydrolysis) is 1. The number of ketones is 1. The van der Waals surface area contributed by atoms with Crippen molar-refractivity contribution in [2.75, 3.05) is 13.2 Å². The topological polar surface area (TPSA) is 112 Å². The molecular formula is C28H31N3O4. The van der Waals surface area contributed by atoms with Crippen LogP contribution in [0.25, 0.3) is 11.1 Å². The molecule has 7 heteroatoms. The molecule has 1 heterocycles. The summed E-state index contributed by atoms with van der Waals surface area (Å²) in [5.74, 6) is -0.698. The molecule has 1 N–H and O–H groups in total. The summed E-state index contributed by atoms with van der Waals surface area (Å²) in [5, 5.41) is 21.5. The third kappa shape index (κ3) is 7.15. The highest BCUT2D eigenvalue weighted by Gasteiger charge is 2.42. The fraction of sp³-hybridized carbons (Fsp3) is 0.429. The van der Waals surface area contributed by atoms with E-state index in [4.69, 9.17) is 14.7 Å². The van der Waals surface area contributed by atoms with Crippen LogP contribution in [0, 0.1) is 28.6 Å². The quantitative estimate of drug-likeness (QED) is 0.609. The van der Waals surface area contributed by atoms with E-state index in [1.54, 1.807) is 32.9 Å². The minimum absolute atomic E-state index is 0.0314. The zero-order chi connectivity index (χ0) is 25.5. The molecule has 2 aromatic rings. The van der Waals surface area contributed by atoms with Crippen molar-refractivity contribution in [2.24, 2.45) is 5.92 Å². The number of ether oxygens (including phenoxy) is 2. The molecule has 0 bridgehead atoms. The summed E-state index contributed by atoms with van der Waals surface area (Å²) < 4.78 is 10.8. The Morgan fingerprint density at radius 1 is 1.03 bits per heavy atom. The Labute approximate surface area is 206 Å². The van der Waals surface area contributed by atoms with E-state index in [0.717, 1.165) is 16.7 Å². The summed E-state index contributed by atoms with van der Waals surface area (Å²) in [7, 11) is 0. The highest BCUT2D eigenvalue weighted by atomic mass is 16.6. The van der Waals surface area contributed by atoms with Gasteiger partial charge in [0.05, 0.1) is 23.6 Å². The predicted molar refractivity (Wildman–Crippen MR) is 131 cm³/mol. The first-order valence-corrected chi connectivity index (χ1v) is 11.8. The van der Waals surface area contributed by atoms with Crippen LogP contribution in [0.3, 0.4) is 0 Å². The summed E-state index contributed by atoms with van der Waals surface area (Å²) in [6, 6.07) is 19.6. The Bertz CT molecular complexity index is 1110.